The van der Waals surface area contributed by atoms with Gasteiger partial charge in [0.2, 0.25) is 5.91 Å². The molecule has 0 bridgehead atoms. The number of fused-ring (bicyclic) bond motifs is 1. The molecule has 1 aromatic carbocycles. The molecule has 0 aliphatic carbocycles. The quantitative estimate of drug-likeness (QED) is 0.778. The van der Waals surface area contributed by atoms with Crippen LogP contribution in [0.25, 0.3) is 0 Å². The molecule has 0 spiro atoms. The van der Waals surface area contributed by atoms with E-state index in [0.29, 0.717) is 25.9 Å². The number of hydrogen-bond acceptors (Lipinski definition) is 3. The van der Waals surface area contributed by atoms with Crippen molar-refractivity contribution in [1.29, 1.82) is 0 Å². The predicted molar refractivity (Wildman–Crippen MR) is 83.9 cm³/mol. The van der Waals surface area contributed by atoms with Gasteiger partial charge in [0.25, 0.3) is 5.91 Å². The first-order chi connectivity index (χ1) is 11.1. The summed E-state index contributed by atoms with van der Waals surface area (Å²) in [4.78, 5) is 42.2. The van der Waals surface area contributed by atoms with E-state index in [1.165, 1.54) is 4.90 Å². The number of hydrogen-bond donors (Lipinski definition) is 0. The summed E-state index contributed by atoms with van der Waals surface area (Å²) in [5.41, 5.74) is 1.95. The number of aryl methyl sites for hydroxylation is 1. The maximum absolute atomic E-state index is 12.7. The van der Waals surface area contributed by atoms with Crippen LogP contribution in [0.5, 0.6) is 0 Å². The van der Waals surface area contributed by atoms with Crippen molar-refractivity contribution >= 4 is 23.5 Å². The van der Waals surface area contributed by atoms with Crippen molar-refractivity contribution in [2.24, 2.45) is 0 Å². The zero-order valence-electron chi connectivity index (χ0n) is 13.1. The topological polar surface area (TPSA) is 60.9 Å². The van der Waals surface area contributed by atoms with Gasteiger partial charge in [0.1, 0.15) is 12.1 Å². The van der Waals surface area contributed by atoms with Crippen molar-refractivity contribution < 1.29 is 14.4 Å². The zero-order chi connectivity index (χ0) is 16.1. The Morgan fingerprint density at radius 2 is 1.65 bits per heavy atom. The van der Waals surface area contributed by atoms with Gasteiger partial charge < -0.3 is 9.80 Å². The molecular formula is C17H19N3O3. The van der Waals surface area contributed by atoms with Gasteiger partial charge in [-0.25, -0.2) is 9.69 Å². The molecule has 23 heavy (non-hydrogen) atoms. The SMILES string of the molecule is Cc1ccc(N2CCC(N3C(=O)[C@H]4CCCN4C3=O)C2=O)cc1. The Balaban J connectivity index is 1.57. The van der Waals surface area contributed by atoms with E-state index in [4.69, 9.17) is 0 Å². The Bertz CT molecular complexity index is 663. The highest BCUT2D eigenvalue weighted by atomic mass is 16.2. The van der Waals surface area contributed by atoms with Gasteiger partial charge in [-0.15, -0.1) is 0 Å². The van der Waals surface area contributed by atoms with Gasteiger partial charge in [0, 0.05) is 18.8 Å². The number of carbonyl (C=O) groups is 3. The Morgan fingerprint density at radius 3 is 2.35 bits per heavy atom. The lowest BCUT2D eigenvalue weighted by Gasteiger charge is -2.22. The first-order valence-corrected chi connectivity index (χ1v) is 8.09. The standard InChI is InChI=1S/C17H19N3O3/c1-11-4-6-12(7-5-11)18-10-8-14(15(18)21)20-16(22)13-3-2-9-19(13)17(20)23/h4-7,13-14H,2-3,8-10H2,1H3/t13-,14?/m1/s1. The Hall–Kier alpha value is -2.37. The molecule has 3 aliphatic heterocycles. The van der Waals surface area contributed by atoms with Crippen molar-refractivity contribution in [3.8, 4) is 0 Å². The lowest BCUT2D eigenvalue weighted by molar-refractivity contribution is -0.133. The van der Waals surface area contributed by atoms with Crippen LogP contribution in [-0.4, -0.2) is 52.8 Å². The largest absolute Gasteiger partial charge is 0.328 e. The maximum atomic E-state index is 12.7. The lowest BCUT2D eigenvalue weighted by Crippen LogP contribution is -2.46. The van der Waals surface area contributed by atoms with E-state index in [1.54, 1.807) is 9.80 Å². The molecule has 0 N–H and O–H groups in total. The molecule has 6 nitrogen and oxygen atoms in total. The second-order valence-electron chi connectivity index (χ2n) is 6.47. The average Bonchev–Trinajstić information content (AvgIpc) is 3.20. The number of urea groups is 1. The number of nitrogens with zero attached hydrogens (tertiary/aromatic N) is 3. The summed E-state index contributed by atoms with van der Waals surface area (Å²) in [6, 6.07) is 6.44. The molecular weight excluding hydrogens is 294 g/mol. The molecule has 1 unspecified atom stereocenters. The number of amides is 4. The van der Waals surface area contributed by atoms with Crippen LogP contribution in [0.3, 0.4) is 0 Å². The van der Waals surface area contributed by atoms with E-state index in [0.717, 1.165) is 17.7 Å². The Morgan fingerprint density at radius 1 is 0.913 bits per heavy atom. The Labute approximate surface area is 134 Å². The van der Waals surface area contributed by atoms with Gasteiger partial charge in [0.05, 0.1) is 0 Å². The van der Waals surface area contributed by atoms with Gasteiger partial charge in [0.15, 0.2) is 0 Å². The monoisotopic (exact) mass is 313 g/mol. The normalized spacial score (nSPS) is 27.3. The minimum atomic E-state index is -0.651. The summed E-state index contributed by atoms with van der Waals surface area (Å²) >= 11 is 0. The van der Waals surface area contributed by atoms with Gasteiger partial charge in [-0.05, 0) is 38.3 Å². The van der Waals surface area contributed by atoms with Crippen LogP contribution in [0, 0.1) is 6.92 Å². The van der Waals surface area contributed by atoms with E-state index < -0.39 is 6.04 Å². The number of benzene rings is 1. The fourth-order valence-corrected chi connectivity index (χ4v) is 3.82. The summed E-state index contributed by atoms with van der Waals surface area (Å²) in [5.74, 6) is -0.353. The van der Waals surface area contributed by atoms with Crippen molar-refractivity contribution in [3.05, 3.63) is 29.8 Å². The van der Waals surface area contributed by atoms with Gasteiger partial charge in [-0.1, -0.05) is 17.7 Å². The molecule has 2 atom stereocenters. The molecule has 4 rings (SSSR count). The van der Waals surface area contributed by atoms with Crippen molar-refractivity contribution in [1.82, 2.24) is 9.80 Å². The van der Waals surface area contributed by atoms with Crippen LogP contribution in [-0.2, 0) is 9.59 Å². The molecule has 3 saturated heterocycles. The molecule has 1 aromatic rings. The Kier molecular flexibility index (Phi) is 3.14. The molecule has 0 saturated carbocycles. The molecule has 4 amide bonds. The van der Waals surface area contributed by atoms with Crippen LogP contribution in [0.4, 0.5) is 10.5 Å². The summed E-state index contributed by atoms with van der Waals surface area (Å²) in [5, 5.41) is 0. The highest BCUT2D eigenvalue weighted by Crippen LogP contribution is 2.32. The second-order valence-corrected chi connectivity index (χ2v) is 6.47. The number of carbonyl (C=O) groups excluding carboxylic acids is 3. The number of anilines is 1. The number of imide groups is 1. The lowest BCUT2D eigenvalue weighted by atomic mass is 10.1. The fourth-order valence-electron chi connectivity index (χ4n) is 3.82. The van der Waals surface area contributed by atoms with Crippen molar-refractivity contribution in [2.45, 2.75) is 38.3 Å². The molecule has 3 heterocycles. The third kappa shape index (κ3) is 2.04. The molecule has 3 fully saturated rings. The summed E-state index contributed by atoms with van der Waals surface area (Å²) in [7, 11) is 0. The summed E-state index contributed by atoms with van der Waals surface area (Å²) in [6.07, 6.45) is 2.08. The molecule has 6 heteroatoms. The van der Waals surface area contributed by atoms with Gasteiger partial charge >= 0.3 is 6.03 Å². The van der Waals surface area contributed by atoms with E-state index in [-0.39, 0.29) is 23.9 Å². The minimum Gasteiger partial charge on any atom is -0.312 e. The molecule has 0 radical (unpaired) electrons. The van der Waals surface area contributed by atoms with E-state index in [9.17, 15) is 14.4 Å². The average molecular weight is 313 g/mol. The van der Waals surface area contributed by atoms with Crippen LogP contribution in [0.15, 0.2) is 24.3 Å². The van der Waals surface area contributed by atoms with E-state index in [2.05, 4.69) is 0 Å². The molecule has 0 aromatic heterocycles. The second kappa shape index (κ2) is 5.08. The van der Waals surface area contributed by atoms with E-state index in [1.807, 2.05) is 31.2 Å². The minimum absolute atomic E-state index is 0.156. The maximum Gasteiger partial charge on any atom is 0.328 e. The van der Waals surface area contributed by atoms with Crippen molar-refractivity contribution in [3.63, 3.8) is 0 Å². The van der Waals surface area contributed by atoms with E-state index >= 15 is 0 Å². The van der Waals surface area contributed by atoms with Crippen LogP contribution in [0.2, 0.25) is 0 Å². The van der Waals surface area contributed by atoms with Crippen molar-refractivity contribution in [2.75, 3.05) is 18.0 Å². The van der Waals surface area contributed by atoms with Gasteiger partial charge in [-0.3, -0.25) is 9.59 Å². The first kappa shape index (κ1) is 14.2. The first-order valence-electron chi connectivity index (χ1n) is 8.09. The highest BCUT2D eigenvalue weighted by molar-refractivity contribution is 6.10. The van der Waals surface area contributed by atoms with Crippen LogP contribution >= 0.6 is 0 Å². The van der Waals surface area contributed by atoms with Crippen LogP contribution < -0.4 is 4.90 Å². The van der Waals surface area contributed by atoms with Crippen LogP contribution in [0.1, 0.15) is 24.8 Å². The molecule has 120 valence electrons. The predicted octanol–water partition coefficient (Wildman–Crippen LogP) is 1.53. The highest BCUT2D eigenvalue weighted by Gasteiger charge is 2.53. The smallest absolute Gasteiger partial charge is 0.312 e. The van der Waals surface area contributed by atoms with Gasteiger partial charge in [-0.2, -0.15) is 0 Å². The number of rotatable bonds is 2. The third-order valence-electron chi connectivity index (χ3n) is 5.06. The summed E-state index contributed by atoms with van der Waals surface area (Å²) in [6.45, 7) is 3.15. The molecule has 3 aliphatic rings. The summed E-state index contributed by atoms with van der Waals surface area (Å²) < 4.78 is 0. The fraction of sp³-hybridized carbons (Fsp3) is 0.471. The third-order valence-corrected chi connectivity index (χ3v) is 5.06. The zero-order valence-corrected chi connectivity index (χ0v) is 13.1.